The number of nitrogens with zero attached hydrogens (tertiary/aromatic N) is 1. The Morgan fingerprint density at radius 1 is 1.31 bits per heavy atom. The zero-order valence-electron chi connectivity index (χ0n) is 7.21. The van der Waals surface area contributed by atoms with Crippen LogP contribution in [-0.2, 0) is 0 Å². The fraction of sp³-hybridized carbons (Fsp3) is 0.100. The van der Waals surface area contributed by atoms with Crippen LogP contribution in [0.3, 0.4) is 0 Å². The molecule has 0 fully saturated rings. The van der Waals surface area contributed by atoms with Crippen molar-refractivity contribution in [1.82, 2.24) is 4.98 Å². The SMILES string of the molecule is Cc1ccc2cc(F)cc(N)c2n1. The zero-order chi connectivity index (χ0) is 9.42. The van der Waals surface area contributed by atoms with Crippen LogP contribution in [-0.4, -0.2) is 4.98 Å². The monoisotopic (exact) mass is 176 g/mol. The van der Waals surface area contributed by atoms with Gasteiger partial charge in [0, 0.05) is 11.1 Å². The Balaban J connectivity index is 2.87. The third-order valence-corrected chi connectivity index (χ3v) is 1.93. The highest BCUT2D eigenvalue weighted by Gasteiger charge is 2.02. The summed E-state index contributed by atoms with van der Waals surface area (Å²) in [5.74, 6) is -0.323. The van der Waals surface area contributed by atoms with Crippen molar-refractivity contribution in [2.75, 3.05) is 5.73 Å². The van der Waals surface area contributed by atoms with E-state index in [1.54, 1.807) is 0 Å². The van der Waals surface area contributed by atoms with Crippen molar-refractivity contribution in [2.24, 2.45) is 0 Å². The Hall–Kier alpha value is -1.64. The van der Waals surface area contributed by atoms with Crippen LogP contribution in [0.25, 0.3) is 10.9 Å². The van der Waals surface area contributed by atoms with Gasteiger partial charge in [-0.05, 0) is 25.1 Å². The van der Waals surface area contributed by atoms with Crippen molar-refractivity contribution >= 4 is 16.6 Å². The molecule has 0 spiro atoms. The van der Waals surface area contributed by atoms with E-state index in [1.165, 1.54) is 12.1 Å². The minimum atomic E-state index is -0.323. The summed E-state index contributed by atoms with van der Waals surface area (Å²) in [5, 5.41) is 0.739. The third kappa shape index (κ3) is 1.33. The minimum absolute atomic E-state index is 0.323. The first kappa shape index (κ1) is 7.98. The first-order chi connectivity index (χ1) is 6.16. The van der Waals surface area contributed by atoms with Crippen LogP contribution in [0.2, 0.25) is 0 Å². The Bertz CT molecular complexity index is 466. The highest BCUT2D eigenvalue weighted by Crippen LogP contribution is 2.20. The highest BCUT2D eigenvalue weighted by atomic mass is 19.1. The van der Waals surface area contributed by atoms with Crippen molar-refractivity contribution in [3.05, 3.63) is 35.8 Å². The lowest BCUT2D eigenvalue weighted by molar-refractivity contribution is 0.630. The van der Waals surface area contributed by atoms with E-state index in [-0.39, 0.29) is 5.82 Å². The number of benzene rings is 1. The molecular weight excluding hydrogens is 167 g/mol. The average molecular weight is 176 g/mol. The summed E-state index contributed by atoms with van der Waals surface area (Å²) in [6.07, 6.45) is 0. The molecule has 1 heterocycles. The second kappa shape index (κ2) is 2.69. The Kier molecular flexibility index (Phi) is 1.65. The predicted molar refractivity (Wildman–Crippen MR) is 50.9 cm³/mol. The standard InChI is InChI=1S/C10H9FN2/c1-6-2-3-7-4-8(11)5-9(12)10(7)13-6/h2-5H,12H2,1H3. The molecule has 0 aliphatic carbocycles. The minimum Gasteiger partial charge on any atom is -0.397 e. The summed E-state index contributed by atoms with van der Waals surface area (Å²) in [6.45, 7) is 1.88. The molecule has 2 N–H and O–H groups in total. The van der Waals surface area contributed by atoms with Gasteiger partial charge >= 0.3 is 0 Å². The molecular formula is C10H9FN2. The number of aryl methyl sites for hydroxylation is 1. The molecule has 66 valence electrons. The van der Waals surface area contributed by atoms with Crippen molar-refractivity contribution in [2.45, 2.75) is 6.92 Å². The lowest BCUT2D eigenvalue weighted by Gasteiger charge is -2.02. The Morgan fingerprint density at radius 3 is 2.85 bits per heavy atom. The molecule has 1 aromatic carbocycles. The number of pyridine rings is 1. The van der Waals surface area contributed by atoms with Crippen LogP contribution < -0.4 is 5.73 Å². The number of anilines is 1. The second-order valence-corrected chi connectivity index (χ2v) is 3.02. The first-order valence-corrected chi connectivity index (χ1v) is 3.99. The number of hydrogen-bond acceptors (Lipinski definition) is 2. The van der Waals surface area contributed by atoms with E-state index in [0.29, 0.717) is 11.2 Å². The Labute approximate surface area is 75.2 Å². The number of rotatable bonds is 0. The molecule has 0 saturated carbocycles. The van der Waals surface area contributed by atoms with Gasteiger partial charge in [0.15, 0.2) is 0 Å². The molecule has 0 saturated heterocycles. The zero-order valence-corrected chi connectivity index (χ0v) is 7.21. The molecule has 0 unspecified atom stereocenters. The summed E-state index contributed by atoms with van der Waals surface area (Å²) >= 11 is 0. The topological polar surface area (TPSA) is 38.9 Å². The van der Waals surface area contributed by atoms with Crippen LogP contribution in [0.4, 0.5) is 10.1 Å². The van der Waals surface area contributed by atoms with Crippen LogP contribution in [0.5, 0.6) is 0 Å². The molecule has 2 nitrogen and oxygen atoms in total. The number of halogens is 1. The normalized spacial score (nSPS) is 10.6. The van der Waals surface area contributed by atoms with Crippen molar-refractivity contribution in [3.63, 3.8) is 0 Å². The Morgan fingerprint density at radius 2 is 2.08 bits per heavy atom. The summed E-state index contributed by atoms with van der Waals surface area (Å²) in [4.78, 5) is 4.22. The summed E-state index contributed by atoms with van der Waals surface area (Å²) < 4.78 is 12.9. The lowest BCUT2D eigenvalue weighted by Crippen LogP contribution is -1.92. The summed E-state index contributed by atoms with van der Waals surface area (Å²) in [7, 11) is 0. The smallest absolute Gasteiger partial charge is 0.126 e. The van der Waals surface area contributed by atoms with Gasteiger partial charge in [0.2, 0.25) is 0 Å². The van der Waals surface area contributed by atoms with E-state index in [9.17, 15) is 4.39 Å². The molecule has 0 amide bonds. The second-order valence-electron chi connectivity index (χ2n) is 3.02. The van der Waals surface area contributed by atoms with Gasteiger partial charge < -0.3 is 5.73 Å². The number of hydrogen-bond donors (Lipinski definition) is 1. The molecule has 1 aromatic heterocycles. The molecule has 0 radical (unpaired) electrons. The molecule has 0 atom stereocenters. The molecule has 2 aromatic rings. The highest BCUT2D eigenvalue weighted by molar-refractivity contribution is 5.89. The molecule has 0 aliphatic heterocycles. The van der Waals surface area contributed by atoms with E-state index in [4.69, 9.17) is 5.73 Å². The number of aromatic nitrogens is 1. The largest absolute Gasteiger partial charge is 0.397 e. The maximum Gasteiger partial charge on any atom is 0.126 e. The van der Waals surface area contributed by atoms with Gasteiger partial charge in [0.25, 0.3) is 0 Å². The number of fused-ring (bicyclic) bond motifs is 1. The van der Waals surface area contributed by atoms with Gasteiger partial charge in [-0.1, -0.05) is 6.07 Å². The maximum absolute atomic E-state index is 12.9. The van der Waals surface area contributed by atoms with Crippen molar-refractivity contribution in [3.8, 4) is 0 Å². The average Bonchev–Trinajstić information content (AvgIpc) is 2.06. The molecule has 2 rings (SSSR count). The van der Waals surface area contributed by atoms with E-state index < -0.39 is 0 Å². The van der Waals surface area contributed by atoms with Gasteiger partial charge in [0.05, 0.1) is 11.2 Å². The van der Waals surface area contributed by atoms with Crippen LogP contribution in [0.1, 0.15) is 5.69 Å². The van der Waals surface area contributed by atoms with Crippen molar-refractivity contribution in [1.29, 1.82) is 0 Å². The van der Waals surface area contributed by atoms with E-state index in [1.807, 2.05) is 19.1 Å². The fourth-order valence-electron chi connectivity index (χ4n) is 1.32. The van der Waals surface area contributed by atoms with Gasteiger partial charge in [-0.2, -0.15) is 0 Å². The summed E-state index contributed by atoms with van der Waals surface area (Å²) in [5.41, 5.74) is 7.56. The van der Waals surface area contributed by atoms with Gasteiger partial charge in [-0.15, -0.1) is 0 Å². The van der Waals surface area contributed by atoms with Crippen LogP contribution in [0, 0.1) is 12.7 Å². The molecule has 3 heteroatoms. The van der Waals surface area contributed by atoms with E-state index in [0.717, 1.165) is 11.1 Å². The van der Waals surface area contributed by atoms with E-state index >= 15 is 0 Å². The van der Waals surface area contributed by atoms with Crippen LogP contribution in [0.15, 0.2) is 24.3 Å². The third-order valence-electron chi connectivity index (χ3n) is 1.93. The van der Waals surface area contributed by atoms with Gasteiger partial charge in [-0.25, -0.2) is 4.39 Å². The van der Waals surface area contributed by atoms with Gasteiger partial charge in [0.1, 0.15) is 5.82 Å². The number of nitrogen functional groups attached to an aromatic ring is 1. The lowest BCUT2D eigenvalue weighted by atomic mass is 10.2. The molecule has 13 heavy (non-hydrogen) atoms. The molecule has 0 bridgehead atoms. The summed E-state index contributed by atoms with van der Waals surface area (Å²) in [6, 6.07) is 6.37. The molecule has 0 aliphatic rings. The predicted octanol–water partition coefficient (Wildman–Crippen LogP) is 2.26. The van der Waals surface area contributed by atoms with Gasteiger partial charge in [-0.3, -0.25) is 4.98 Å². The number of nitrogens with two attached hydrogens (primary N) is 1. The maximum atomic E-state index is 12.9. The van der Waals surface area contributed by atoms with Crippen molar-refractivity contribution < 1.29 is 4.39 Å². The quantitative estimate of drug-likeness (QED) is 0.625. The van der Waals surface area contributed by atoms with E-state index in [2.05, 4.69) is 4.98 Å². The van der Waals surface area contributed by atoms with Crippen LogP contribution >= 0.6 is 0 Å². The fourth-order valence-corrected chi connectivity index (χ4v) is 1.32. The first-order valence-electron chi connectivity index (χ1n) is 3.99.